The predicted octanol–water partition coefficient (Wildman–Crippen LogP) is 3.59. The number of piperidine rings is 1. The molecule has 0 N–H and O–H groups in total. The monoisotopic (exact) mass is 435 g/mol. The topological polar surface area (TPSA) is 82.4 Å². The van der Waals surface area contributed by atoms with Crippen LogP contribution in [0.3, 0.4) is 0 Å². The molecule has 1 aliphatic heterocycles. The van der Waals surface area contributed by atoms with Crippen molar-refractivity contribution < 1.29 is 14.3 Å². The van der Waals surface area contributed by atoms with Gasteiger partial charge in [0.2, 0.25) is 11.7 Å². The van der Waals surface area contributed by atoms with Crippen LogP contribution in [0.15, 0.2) is 54.6 Å². The molecule has 1 fully saturated rings. The molecule has 1 amide bonds. The van der Waals surface area contributed by atoms with Crippen LogP contribution in [0.1, 0.15) is 32.6 Å². The van der Waals surface area contributed by atoms with Crippen LogP contribution in [-0.2, 0) is 11.3 Å². The number of nitrogens with zero attached hydrogens (tertiary/aromatic N) is 5. The van der Waals surface area contributed by atoms with Crippen LogP contribution in [-0.4, -0.2) is 56.8 Å². The first-order valence-corrected chi connectivity index (χ1v) is 11.2. The highest BCUT2D eigenvalue weighted by molar-refractivity contribution is 5.76. The van der Waals surface area contributed by atoms with Gasteiger partial charge in [0.1, 0.15) is 6.10 Å². The quantitative estimate of drug-likeness (QED) is 0.511. The lowest BCUT2D eigenvalue weighted by atomic mass is 10.1. The third kappa shape index (κ3) is 5.63. The SMILES string of the molecule is CCOc1ccccc1OC1CCN(C(=O)CCCn2nnc(-c3ccccc3)n2)CC1. The van der Waals surface area contributed by atoms with E-state index in [0.29, 0.717) is 44.9 Å². The number of aryl methyl sites for hydroxylation is 1. The first-order chi connectivity index (χ1) is 15.7. The molecular weight excluding hydrogens is 406 g/mol. The minimum absolute atomic E-state index is 0.0939. The Balaban J connectivity index is 1.20. The number of aromatic nitrogens is 4. The first-order valence-electron chi connectivity index (χ1n) is 11.2. The predicted molar refractivity (Wildman–Crippen MR) is 120 cm³/mol. The minimum Gasteiger partial charge on any atom is -0.490 e. The molecule has 168 valence electrons. The second kappa shape index (κ2) is 10.7. The molecule has 1 aliphatic rings. The van der Waals surface area contributed by atoms with E-state index in [1.807, 2.05) is 66.4 Å². The zero-order valence-electron chi connectivity index (χ0n) is 18.4. The summed E-state index contributed by atoms with van der Waals surface area (Å²) in [6.45, 7) is 4.55. The van der Waals surface area contributed by atoms with Crippen LogP contribution < -0.4 is 9.47 Å². The highest BCUT2D eigenvalue weighted by Crippen LogP contribution is 2.29. The molecule has 0 radical (unpaired) electrons. The normalized spacial score (nSPS) is 14.3. The Morgan fingerprint density at radius 3 is 2.50 bits per heavy atom. The molecule has 8 heteroatoms. The zero-order chi connectivity index (χ0) is 22.2. The van der Waals surface area contributed by atoms with Gasteiger partial charge in [-0.25, -0.2) is 0 Å². The number of hydrogen-bond acceptors (Lipinski definition) is 6. The summed E-state index contributed by atoms with van der Waals surface area (Å²) in [5.74, 6) is 2.31. The molecule has 32 heavy (non-hydrogen) atoms. The second-order valence-electron chi connectivity index (χ2n) is 7.76. The summed E-state index contributed by atoms with van der Waals surface area (Å²) in [6.07, 6.45) is 2.88. The van der Waals surface area contributed by atoms with Gasteiger partial charge in [0.25, 0.3) is 0 Å². The Labute approximate surface area is 188 Å². The summed E-state index contributed by atoms with van der Waals surface area (Å²) in [5.41, 5.74) is 0.934. The number of hydrogen-bond donors (Lipinski definition) is 0. The molecule has 0 atom stereocenters. The van der Waals surface area contributed by atoms with Gasteiger partial charge in [0.15, 0.2) is 11.5 Å². The number of carbonyl (C=O) groups excluding carboxylic acids is 1. The Morgan fingerprint density at radius 1 is 1.03 bits per heavy atom. The molecule has 0 spiro atoms. The number of benzene rings is 2. The molecule has 1 aromatic heterocycles. The molecule has 3 aromatic rings. The van der Waals surface area contributed by atoms with Crippen molar-refractivity contribution in [3.05, 3.63) is 54.6 Å². The van der Waals surface area contributed by atoms with Crippen molar-refractivity contribution in [3.63, 3.8) is 0 Å². The Morgan fingerprint density at radius 2 is 1.75 bits per heavy atom. The van der Waals surface area contributed by atoms with E-state index in [9.17, 15) is 4.79 Å². The first kappa shape index (κ1) is 21.8. The molecule has 1 saturated heterocycles. The fourth-order valence-corrected chi connectivity index (χ4v) is 3.80. The third-order valence-corrected chi connectivity index (χ3v) is 5.47. The number of carbonyl (C=O) groups is 1. The highest BCUT2D eigenvalue weighted by atomic mass is 16.5. The molecule has 0 bridgehead atoms. The molecule has 2 aromatic carbocycles. The lowest BCUT2D eigenvalue weighted by Gasteiger charge is -2.32. The van der Waals surface area contributed by atoms with E-state index < -0.39 is 0 Å². The van der Waals surface area contributed by atoms with Gasteiger partial charge in [-0.15, -0.1) is 10.2 Å². The van der Waals surface area contributed by atoms with Crippen molar-refractivity contribution in [3.8, 4) is 22.9 Å². The number of rotatable bonds is 9. The zero-order valence-corrected chi connectivity index (χ0v) is 18.4. The third-order valence-electron chi connectivity index (χ3n) is 5.47. The number of likely N-dealkylation sites (tertiary alicyclic amines) is 1. The summed E-state index contributed by atoms with van der Waals surface area (Å²) < 4.78 is 11.8. The fourth-order valence-electron chi connectivity index (χ4n) is 3.80. The number of amides is 1. The molecule has 8 nitrogen and oxygen atoms in total. The van der Waals surface area contributed by atoms with Gasteiger partial charge in [-0.3, -0.25) is 4.79 Å². The van der Waals surface area contributed by atoms with E-state index in [2.05, 4.69) is 15.4 Å². The number of ether oxygens (including phenoxy) is 2. The van der Waals surface area contributed by atoms with Crippen LogP contribution in [0.4, 0.5) is 0 Å². The van der Waals surface area contributed by atoms with Crippen molar-refractivity contribution in [1.29, 1.82) is 0 Å². The van der Waals surface area contributed by atoms with Crippen molar-refractivity contribution in [2.45, 2.75) is 45.3 Å². The standard InChI is InChI=1S/C24H29N5O3/c1-2-31-21-11-6-7-12-22(21)32-20-14-17-28(18-15-20)23(30)13-8-16-29-26-24(25-27-29)19-9-4-3-5-10-19/h3-7,9-12,20H,2,8,13-18H2,1H3. The van der Waals surface area contributed by atoms with Crippen LogP contribution in [0.5, 0.6) is 11.5 Å². The lowest BCUT2D eigenvalue weighted by molar-refractivity contribution is -0.133. The fraction of sp³-hybridized carbons (Fsp3) is 0.417. The van der Waals surface area contributed by atoms with Crippen LogP contribution in [0.2, 0.25) is 0 Å². The van der Waals surface area contributed by atoms with Gasteiger partial charge in [-0.1, -0.05) is 42.5 Å². The summed E-state index contributed by atoms with van der Waals surface area (Å²) in [7, 11) is 0. The van der Waals surface area contributed by atoms with E-state index in [1.54, 1.807) is 4.80 Å². The van der Waals surface area contributed by atoms with Crippen LogP contribution in [0.25, 0.3) is 11.4 Å². The molecule has 4 rings (SSSR count). The van der Waals surface area contributed by atoms with Crippen LogP contribution in [0, 0.1) is 0 Å². The maximum atomic E-state index is 12.6. The summed E-state index contributed by atoms with van der Waals surface area (Å²) in [4.78, 5) is 16.1. The van der Waals surface area contributed by atoms with E-state index in [0.717, 1.165) is 29.9 Å². The van der Waals surface area contributed by atoms with Gasteiger partial charge in [0.05, 0.1) is 13.2 Å². The van der Waals surface area contributed by atoms with Crippen molar-refractivity contribution in [1.82, 2.24) is 25.1 Å². The molecular formula is C24H29N5O3. The Bertz CT molecular complexity index is 1000. The summed E-state index contributed by atoms with van der Waals surface area (Å²) in [6, 6.07) is 17.5. The van der Waals surface area contributed by atoms with E-state index in [4.69, 9.17) is 9.47 Å². The van der Waals surface area contributed by atoms with Gasteiger partial charge < -0.3 is 14.4 Å². The summed E-state index contributed by atoms with van der Waals surface area (Å²) in [5, 5.41) is 12.6. The second-order valence-corrected chi connectivity index (χ2v) is 7.76. The van der Waals surface area contributed by atoms with E-state index in [-0.39, 0.29) is 12.0 Å². The smallest absolute Gasteiger partial charge is 0.222 e. The maximum Gasteiger partial charge on any atom is 0.222 e. The van der Waals surface area contributed by atoms with E-state index >= 15 is 0 Å². The van der Waals surface area contributed by atoms with Gasteiger partial charge in [-0.2, -0.15) is 4.80 Å². The molecule has 2 heterocycles. The molecule has 0 unspecified atom stereocenters. The molecule has 0 saturated carbocycles. The van der Waals surface area contributed by atoms with Crippen molar-refractivity contribution in [2.75, 3.05) is 19.7 Å². The average Bonchev–Trinajstić information content (AvgIpc) is 3.30. The number of tetrazole rings is 1. The van der Waals surface area contributed by atoms with Crippen LogP contribution >= 0.6 is 0 Å². The van der Waals surface area contributed by atoms with Crippen molar-refractivity contribution >= 4 is 5.91 Å². The Hall–Kier alpha value is -3.42. The minimum atomic E-state index is 0.0939. The number of para-hydroxylation sites is 2. The van der Waals surface area contributed by atoms with Gasteiger partial charge in [-0.05, 0) is 30.7 Å². The highest BCUT2D eigenvalue weighted by Gasteiger charge is 2.24. The largest absolute Gasteiger partial charge is 0.490 e. The average molecular weight is 436 g/mol. The van der Waals surface area contributed by atoms with Gasteiger partial charge >= 0.3 is 0 Å². The Kier molecular flexibility index (Phi) is 7.32. The lowest BCUT2D eigenvalue weighted by Crippen LogP contribution is -2.41. The van der Waals surface area contributed by atoms with E-state index in [1.165, 1.54) is 0 Å². The summed E-state index contributed by atoms with van der Waals surface area (Å²) >= 11 is 0. The van der Waals surface area contributed by atoms with Crippen molar-refractivity contribution in [2.24, 2.45) is 0 Å². The maximum absolute atomic E-state index is 12.6. The van der Waals surface area contributed by atoms with Gasteiger partial charge in [0, 0.05) is 37.9 Å². The molecule has 0 aliphatic carbocycles.